The predicted octanol–water partition coefficient (Wildman–Crippen LogP) is 2.09. The molecule has 1 unspecified atom stereocenters. The standard InChI is InChI=1S/C14H28N2O2/c1-5-16(12-7-8-12)10-6-9-14(4,13(17)18)15-11(2)3/h11-12,15H,5-10H2,1-4H3,(H,17,18). The van der Waals surface area contributed by atoms with Crippen LogP contribution in [0.4, 0.5) is 0 Å². The first-order valence-corrected chi connectivity index (χ1v) is 7.14. The second kappa shape index (κ2) is 6.53. The van der Waals surface area contributed by atoms with Gasteiger partial charge in [-0.3, -0.25) is 10.1 Å². The lowest BCUT2D eigenvalue weighted by molar-refractivity contribution is -0.144. The van der Waals surface area contributed by atoms with Gasteiger partial charge in [-0.25, -0.2) is 0 Å². The fraction of sp³-hybridized carbons (Fsp3) is 0.929. The minimum atomic E-state index is -0.795. The molecule has 0 aliphatic heterocycles. The molecule has 1 saturated carbocycles. The van der Waals surface area contributed by atoms with E-state index in [9.17, 15) is 9.90 Å². The second-order valence-electron chi connectivity index (χ2n) is 5.90. The van der Waals surface area contributed by atoms with Crippen LogP contribution in [0.25, 0.3) is 0 Å². The van der Waals surface area contributed by atoms with Crippen molar-refractivity contribution in [1.82, 2.24) is 10.2 Å². The molecule has 1 aliphatic carbocycles. The fourth-order valence-corrected chi connectivity index (χ4v) is 2.55. The zero-order valence-corrected chi connectivity index (χ0v) is 12.2. The highest BCUT2D eigenvalue weighted by molar-refractivity contribution is 5.78. The third-order valence-corrected chi connectivity index (χ3v) is 3.67. The first-order chi connectivity index (χ1) is 8.39. The molecule has 2 N–H and O–H groups in total. The van der Waals surface area contributed by atoms with Crippen molar-refractivity contribution >= 4 is 5.97 Å². The first kappa shape index (κ1) is 15.4. The molecule has 1 fully saturated rings. The third-order valence-electron chi connectivity index (χ3n) is 3.67. The maximum absolute atomic E-state index is 11.4. The average molecular weight is 256 g/mol. The average Bonchev–Trinajstić information content (AvgIpc) is 3.07. The van der Waals surface area contributed by atoms with E-state index in [0.29, 0.717) is 6.42 Å². The molecule has 0 radical (unpaired) electrons. The van der Waals surface area contributed by atoms with Gasteiger partial charge >= 0.3 is 5.97 Å². The Labute approximate surface area is 111 Å². The Morgan fingerprint density at radius 2 is 2.11 bits per heavy atom. The summed E-state index contributed by atoms with van der Waals surface area (Å²) in [6.07, 6.45) is 4.25. The van der Waals surface area contributed by atoms with Gasteiger partial charge in [0.05, 0.1) is 0 Å². The predicted molar refractivity (Wildman–Crippen MR) is 73.8 cm³/mol. The lowest BCUT2D eigenvalue weighted by atomic mass is 9.94. The molecule has 0 amide bonds. The monoisotopic (exact) mass is 256 g/mol. The number of hydrogen-bond donors (Lipinski definition) is 2. The largest absolute Gasteiger partial charge is 0.480 e. The second-order valence-corrected chi connectivity index (χ2v) is 5.90. The van der Waals surface area contributed by atoms with Crippen molar-refractivity contribution in [3.8, 4) is 0 Å². The maximum atomic E-state index is 11.4. The number of carboxylic acids is 1. The van der Waals surface area contributed by atoms with Crippen LogP contribution in [0.1, 0.15) is 53.4 Å². The van der Waals surface area contributed by atoms with E-state index in [-0.39, 0.29) is 6.04 Å². The highest BCUT2D eigenvalue weighted by Crippen LogP contribution is 2.27. The molecule has 0 aromatic heterocycles. The Kier molecular flexibility index (Phi) is 5.60. The Morgan fingerprint density at radius 1 is 1.50 bits per heavy atom. The van der Waals surface area contributed by atoms with Crippen LogP contribution in [0, 0.1) is 0 Å². The van der Waals surface area contributed by atoms with Crippen molar-refractivity contribution in [2.24, 2.45) is 0 Å². The summed E-state index contributed by atoms with van der Waals surface area (Å²) in [5.41, 5.74) is -0.795. The zero-order chi connectivity index (χ0) is 13.8. The van der Waals surface area contributed by atoms with E-state index >= 15 is 0 Å². The lowest BCUT2D eigenvalue weighted by Gasteiger charge is -2.30. The molecule has 0 aromatic carbocycles. The molecule has 1 aliphatic rings. The molecule has 0 spiro atoms. The normalized spacial score (nSPS) is 19.2. The van der Waals surface area contributed by atoms with E-state index < -0.39 is 11.5 Å². The summed E-state index contributed by atoms with van der Waals surface area (Å²) < 4.78 is 0. The van der Waals surface area contributed by atoms with Crippen LogP contribution >= 0.6 is 0 Å². The lowest BCUT2D eigenvalue weighted by Crippen LogP contribution is -2.52. The molecule has 1 atom stereocenters. The molecule has 18 heavy (non-hydrogen) atoms. The van der Waals surface area contributed by atoms with Crippen molar-refractivity contribution in [2.75, 3.05) is 13.1 Å². The molecule has 0 aromatic rings. The Hall–Kier alpha value is -0.610. The summed E-state index contributed by atoms with van der Waals surface area (Å²) in [6.45, 7) is 10.0. The molecular weight excluding hydrogens is 228 g/mol. The van der Waals surface area contributed by atoms with Gasteiger partial charge in [0.1, 0.15) is 5.54 Å². The van der Waals surface area contributed by atoms with Crippen molar-refractivity contribution in [2.45, 2.75) is 71.0 Å². The number of nitrogens with zero attached hydrogens (tertiary/aromatic N) is 1. The van der Waals surface area contributed by atoms with E-state index in [2.05, 4.69) is 17.1 Å². The summed E-state index contributed by atoms with van der Waals surface area (Å²) in [6, 6.07) is 0.959. The third kappa shape index (κ3) is 4.58. The molecular formula is C14H28N2O2. The quantitative estimate of drug-likeness (QED) is 0.663. The summed E-state index contributed by atoms with van der Waals surface area (Å²) >= 11 is 0. The van der Waals surface area contributed by atoms with E-state index in [1.54, 1.807) is 6.92 Å². The van der Waals surface area contributed by atoms with Crippen LogP contribution in [0.3, 0.4) is 0 Å². The summed E-state index contributed by atoms with van der Waals surface area (Å²) in [5.74, 6) is -0.745. The fourth-order valence-electron chi connectivity index (χ4n) is 2.55. The van der Waals surface area contributed by atoms with Gasteiger partial charge < -0.3 is 10.0 Å². The molecule has 1 rings (SSSR count). The maximum Gasteiger partial charge on any atom is 0.323 e. The SMILES string of the molecule is CCN(CCCC(C)(NC(C)C)C(=O)O)C1CC1. The van der Waals surface area contributed by atoms with Crippen LogP contribution < -0.4 is 5.32 Å². The minimum absolute atomic E-state index is 0.191. The van der Waals surface area contributed by atoms with Gasteiger partial charge in [0.15, 0.2) is 0 Å². The van der Waals surface area contributed by atoms with E-state index in [1.807, 2.05) is 13.8 Å². The van der Waals surface area contributed by atoms with Gasteiger partial charge in [-0.05, 0) is 59.5 Å². The van der Waals surface area contributed by atoms with Gasteiger partial charge in [0.25, 0.3) is 0 Å². The van der Waals surface area contributed by atoms with Crippen LogP contribution in [-0.4, -0.2) is 46.7 Å². The Bertz CT molecular complexity index is 277. The smallest absolute Gasteiger partial charge is 0.323 e. The summed E-state index contributed by atoms with van der Waals surface area (Å²) in [4.78, 5) is 13.8. The number of aliphatic carboxylic acids is 1. The molecule has 0 bridgehead atoms. The molecule has 4 heteroatoms. The number of carboxylic acid groups (broad SMARTS) is 1. The summed E-state index contributed by atoms with van der Waals surface area (Å²) in [7, 11) is 0. The van der Waals surface area contributed by atoms with Crippen LogP contribution in [0.5, 0.6) is 0 Å². The van der Waals surface area contributed by atoms with Gasteiger partial charge in [0, 0.05) is 12.1 Å². The van der Waals surface area contributed by atoms with Crippen LogP contribution in [0.15, 0.2) is 0 Å². The van der Waals surface area contributed by atoms with E-state index in [4.69, 9.17) is 0 Å². The van der Waals surface area contributed by atoms with Gasteiger partial charge in [-0.15, -0.1) is 0 Å². The number of hydrogen-bond acceptors (Lipinski definition) is 3. The highest BCUT2D eigenvalue weighted by atomic mass is 16.4. The number of rotatable bonds is 9. The van der Waals surface area contributed by atoms with Crippen molar-refractivity contribution < 1.29 is 9.90 Å². The highest BCUT2D eigenvalue weighted by Gasteiger charge is 2.34. The van der Waals surface area contributed by atoms with Crippen molar-refractivity contribution in [1.29, 1.82) is 0 Å². The summed E-state index contributed by atoms with van der Waals surface area (Å²) in [5, 5.41) is 12.5. The van der Waals surface area contributed by atoms with Gasteiger partial charge in [-0.2, -0.15) is 0 Å². The molecule has 106 valence electrons. The first-order valence-electron chi connectivity index (χ1n) is 7.14. The topological polar surface area (TPSA) is 52.6 Å². The Balaban J connectivity index is 2.39. The van der Waals surface area contributed by atoms with E-state index in [1.165, 1.54) is 12.8 Å². The van der Waals surface area contributed by atoms with Crippen LogP contribution in [-0.2, 0) is 4.79 Å². The van der Waals surface area contributed by atoms with Crippen molar-refractivity contribution in [3.05, 3.63) is 0 Å². The molecule has 0 saturated heterocycles. The Morgan fingerprint density at radius 3 is 2.50 bits per heavy atom. The molecule has 0 heterocycles. The van der Waals surface area contributed by atoms with Gasteiger partial charge in [-0.1, -0.05) is 6.92 Å². The molecule has 4 nitrogen and oxygen atoms in total. The number of carbonyl (C=O) groups is 1. The van der Waals surface area contributed by atoms with Gasteiger partial charge in [0.2, 0.25) is 0 Å². The van der Waals surface area contributed by atoms with Crippen molar-refractivity contribution in [3.63, 3.8) is 0 Å². The van der Waals surface area contributed by atoms with E-state index in [0.717, 1.165) is 25.6 Å². The van der Waals surface area contributed by atoms with Crippen LogP contribution in [0.2, 0.25) is 0 Å². The minimum Gasteiger partial charge on any atom is -0.480 e. The number of nitrogens with one attached hydrogen (secondary N) is 1. The zero-order valence-electron chi connectivity index (χ0n) is 12.2.